The molecule has 10 heavy (non-hydrogen) atoms. The first-order valence-electron chi connectivity index (χ1n) is 3.24. The van der Waals surface area contributed by atoms with E-state index in [1.165, 1.54) is 0 Å². The van der Waals surface area contributed by atoms with Gasteiger partial charge in [0.1, 0.15) is 0 Å². The summed E-state index contributed by atoms with van der Waals surface area (Å²) in [5, 5.41) is 5.33. The van der Waals surface area contributed by atoms with Gasteiger partial charge in [-0.3, -0.25) is 0 Å². The maximum Gasteiger partial charge on any atom is 0.279 e. The molecule has 1 heterocycles. The van der Waals surface area contributed by atoms with E-state index in [-0.39, 0.29) is 6.30 Å². The third-order valence-electron chi connectivity index (χ3n) is 1.17. The molecule has 0 saturated carbocycles. The van der Waals surface area contributed by atoms with E-state index < -0.39 is 0 Å². The minimum absolute atomic E-state index is 0.315. The lowest BCUT2D eigenvalue weighted by Crippen LogP contribution is -2.25. The van der Waals surface area contributed by atoms with Gasteiger partial charge in [0.2, 0.25) is 0 Å². The van der Waals surface area contributed by atoms with Crippen molar-refractivity contribution in [3.8, 4) is 0 Å². The molecule has 0 aliphatic carbocycles. The minimum atomic E-state index is -0.315. The predicted molar refractivity (Wildman–Crippen MR) is 38.4 cm³/mol. The highest BCUT2D eigenvalue weighted by Crippen LogP contribution is 2.11. The monoisotopic (exact) mass is 141 g/mol. The molecule has 0 atom stereocenters. The second kappa shape index (κ2) is 3.25. The van der Waals surface area contributed by atoms with Crippen molar-refractivity contribution in [3.05, 3.63) is 30.3 Å². The van der Waals surface area contributed by atoms with Crippen LogP contribution in [0.15, 0.2) is 24.0 Å². The van der Waals surface area contributed by atoms with Crippen LogP contribution in [0.5, 0.6) is 0 Å². The van der Waals surface area contributed by atoms with Gasteiger partial charge in [-0.05, 0) is 25.3 Å². The van der Waals surface area contributed by atoms with Gasteiger partial charge in [0, 0.05) is 6.54 Å². The van der Waals surface area contributed by atoms with Crippen LogP contribution in [0.3, 0.4) is 0 Å². The van der Waals surface area contributed by atoms with Crippen LogP contribution < -0.4 is 10.6 Å². The highest BCUT2D eigenvalue weighted by atomic mass is 19.1. The van der Waals surface area contributed by atoms with Crippen molar-refractivity contribution in [2.45, 2.75) is 6.92 Å². The second-order valence-electron chi connectivity index (χ2n) is 1.93. The van der Waals surface area contributed by atoms with Crippen molar-refractivity contribution in [1.29, 1.82) is 0 Å². The summed E-state index contributed by atoms with van der Waals surface area (Å²) in [6, 6.07) is 0. The zero-order valence-corrected chi connectivity index (χ0v) is 5.82. The zero-order chi connectivity index (χ0) is 7.40. The van der Waals surface area contributed by atoms with Gasteiger partial charge in [0.15, 0.2) is 0 Å². The quantitative estimate of drug-likeness (QED) is 0.562. The molecular formula is C7H10FN2. The lowest BCUT2D eigenvalue weighted by atomic mass is 10.3. The van der Waals surface area contributed by atoms with Crippen molar-refractivity contribution < 1.29 is 4.39 Å². The average Bonchev–Trinajstić information content (AvgIpc) is 1.94. The number of halogens is 1. The standard InChI is InChI=1S/C7H10FN2/c1-2-9-6-4-3-5-10-7(6)8/h3-5,9-10H,2H2,1H3. The van der Waals surface area contributed by atoms with Crippen molar-refractivity contribution in [2.75, 3.05) is 6.54 Å². The summed E-state index contributed by atoms with van der Waals surface area (Å²) >= 11 is 0. The molecule has 2 N–H and O–H groups in total. The minimum Gasteiger partial charge on any atom is -0.384 e. The Bertz CT molecular complexity index is 163. The maximum atomic E-state index is 12.7. The Morgan fingerprint density at radius 1 is 1.70 bits per heavy atom. The van der Waals surface area contributed by atoms with Crippen LogP contribution in [-0.4, -0.2) is 6.54 Å². The van der Waals surface area contributed by atoms with Crippen molar-refractivity contribution in [2.24, 2.45) is 0 Å². The van der Waals surface area contributed by atoms with Crippen molar-refractivity contribution >= 4 is 0 Å². The molecule has 0 spiro atoms. The lowest BCUT2D eigenvalue weighted by molar-refractivity contribution is 0.459. The molecule has 0 aromatic carbocycles. The molecule has 0 fully saturated rings. The molecule has 2 nitrogen and oxygen atoms in total. The summed E-state index contributed by atoms with van der Waals surface area (Å²) in [5.41, 5.74) is 0.519. The summed E-state index contributed by atoms with van der Waals surface area (Å²) in [7, 11) is 0. The summed E-state index contributed by atoms with van der Waals surface area (Å²) in [4.78, 5) is 0. The molecule has 1 radical (unpaired) electrons. The van der Waals surface area contributed by atoms with Gasteiger partial charge in [0.25, 0.3) is 6.30 Å². The fraction of sp³-hybridized carbons (Fsp3) is 0.286. The number of hydrogen-bond donors (Lipinski definition) is 2. The number of likely N-dealkylation sites (N-methyl/N-ethyl adjacent to an activating group) is 1. The first-order chi connectivity index (χ1) is 4.84. The number of hydrogen-bond acceptors (Lipinski definition) is 2. The second-order valence-corrected chi connectivity index (χ2v) is 1.93. The Morgan fingerprint density at radius 3 is 3.10 bits per heavy atom. The summed E-state index contributed by atoms with van der Waals surface area (Å²) in [5.74, 6) is 0. The average molecular weight is 141 g/mol. The Kier molecular flexibility index (Phi) is 2.31. The molecule has 1 aliphatic rings. The molecular weight excluding hydrogens is 131 g/mol. The van der Waals surface area contributed by atoms with E-state index in [2.05, 4.69) is 10.6 Å². The molecule has 0 aromatic heterocycles. The Balaban J connectivity index is 2.52. The van der Waals surface area contributed by atoms with E-state index in [0.29, 0.717) is 5.70 Å². The van der Waals surface area contributed by atoms with Crippen LogP contribution in [0.2, 0.25) is 0 Å². The fourth-order valence-electron chi connectivity index (χ4n) is 0.744. The summed E-state index contributed by atoms with van der Waals surface area (Å²) < 4.78 is 12.7. The van der Waals surface area contributed by atoms with Gasteiger partial charge in [-0.2, -0.15) is 0 Å². The Labute approximate surface area is 59.8 Å². The number of nitrogens with one attached hydrogen (secondary N) is 2. The zero-order valence-electron chi connectivity index (χ0n) is 5.82. The van der Waals surface area contributed by atoms with Gasteiger partial charge >= 0.3 is 0 Å². The molecule has 1 rings (SSSR count). The summed E-state index contributed by atoms with van der Waals surface area (Å²) in [6.07, 6.45) is 4.68. The van der Waals surface area contributed by atoms with E-state index in [4.69, 9.17) is 0 Å². The smallest absolute Gasteiger partial charge is 0.279 e. The van der Waals surface area contributed by atoms with E-state index in [1.54, 1.807) is 18.4 Å². The van der Waals surface area contributed by atoms with Crippen LogP contribution in [-0.2, 0) is 0 Å². The molecule has 1 aliphatic heterocycles. The van der Waals surface area contributed by atoms with Crippen LogP contribution in [0.4, 0.5) is 4.39 Å². The topological polar surface area (TPSA) is 24.1 Å². The third-order valence-corrected chi connectivity index (χ3v) is 1.17. The first-order valence-corrected chi connectivity index (χ1v) is 3.24. The fourth-order valence-corrected chi connectivity index (χ4v) is 0.744. The largest absolute Gasteiger partial charge is 0.384 e. The SMILES string of the molecule is CCNC1=CC=CN[C]1F. The van der Waals surface area contributed by atoms with E-state index >= 15 is 0 Å². The van der Waals surface area contributed by atoms with Crippen LogP contribution >= 0.6 is 0 Å². The lowest BCUT2D eigenvalue weighted by Gasteiger charge is -2.14. The molecule has 0 amide bonds. The molecule has 0 bridgehead atoms. The number of dihydropyridines is 1. The van der Waals surface area contributed by atoms with Gasteiger partial charge in [-0.1, -0.05) is 0 Å². The van der Waals surface area contributed by atoms with E-state index in [9.17, 15) is 4.39 Å². The highest BCUT2D eigenvalue weighted by Gasteiger charge is 2.12. The van der Waals surface area contributed by atoms with Crippen LogP contribution in [0, 0.1) is 6.30 Å². The van der Waals surface area contributed by atoms with E-state index in [0.717, 1.165) is 6.54 Å². The van der Waals surface area contributed by atoms with Crippen molar-refractivity contribution in [3.63, 3.8) is 0 Å². The third kappa shape index (κ3) is 1.50. The van der Waals surface area contributed by atoms with Gasteiger partial charge in [0.05, 0.1) is 5.70 Å². The molecule has 55 valence electrons. The first kappa shape index (κ1) is 7.12. The normalized spacial score (nSPS) is 18.0. The Hall–Kier alpha value is -0.990. The van der Waals surface area contributed by atoms with Gasteiger partial charge < -0.3 is 10.6 Å². The number of rotatable bonds is 2. The maximum absolute atomic E-state index is 12.7. The predicted octanol–water partition coefficient (Wildman–Crippen LogP) is 1.06. The van der Waals surface area contributed by atoms with E-state index in [1.807, 2.05) is 6.92 Å². The molecule has 0 aromatic rings. The van der Waals surface area contributed by atoms with Gasteiger partial charge in [-0.25, -0.2) is 4.39 Å². The summed E-state index contributed by atoms with van der Waals surface area (Å²) in [6.45, 7) is 2.65. The van der Waals surface area contributed by atoms with Gasteiger partial charge in [-0.15, -0.1) is 0 Å². The molecule has 3 heteroatoms. The molecule has 0 saturated heterocycles. The Morgan fingerprint density at radius 2 is 2.50 bits per heavy atom. The van der Waals surface area contributed by atoms with Crippen LogP contribution in [0.1, 0.15) is 6.92 Å². The van der Waals surface area contributed by atoms with Crippen LogP contribution in [0.25, 0.3) is 0 Å². The molecule has 0 unspecified atom stereocenters. The van der Waals surface area contributed by atoms with Crippen molar-refractivity contribution in [1.82, 2.24) is 10.6 Å². The highest BCUT2D eigenvalue weighted by molar-refractivity contribution is 5.26. The number of allylic oxidation sites excluding steroid dienone is 2.